The average Bonchev–Trinajstić information content (AvgIpc) is 2.36. The van der Waals surface area contributed by atoms with Gasteiger partial charge in [0.25, 0.3) is 0 Å². The highest BCUT2D eigenvalue weighted by atomic mass is 16.5. The predicted molar refractivity (Wildman–Crippen MR) is 79.6 cm³/mol. The lowest BCUT2D eigenvalue weighted by Gasteiger charge is -2.07. The summed E-state index contributed by atoms with van der Waals surface area (Å²) >= 11 is 0. The number of rotatable bonds is 10. The molecule has 0 radical (unpaired) electrons. The Morgan fingerprint density at radius 1 is 0.947 bits per heavy atom. The molecule has 0 aliphatic heterocycles. The van der Waals surface area contributed by atoms with Crippen LogP contribution >= 0.6 is 0 Å². The van der Waals surface area contributed by atoms with Crippen LogP contribution in [0.2, 0.25) is 0 Å². The molecule has 1 aromatic carbocycles. The van der Waals surface area contributed by atoms with Gasteiger partial charge in [0.2, 0.25) is 0 Å². The first kappa shape index (κ1) is 16.2. The number of benzene rings is 1. The summed E-state index contributed by atoms with van der Waals surface area (Å²) in [5, 5.41) is 3.48. The van der Waals surface area contributed by atoms with E-state index in [1.165, 1.54) is 16.7 Å². The summed E-state index contributed by atoms with van der Waals surface area (Å²) in [6, 6.07) is 6.70. The Labute approximate surface area is 117 Å². The molecule has 0 aromatic heterocycles. The van der Waals surface area contributed by atoms with Crippen molar-refractivity contribution in [2.24, 2.45) is 0 Å². The zero-order valence-corrected chi connectivity index (χ0v) is 12.5. The van der Waals surface area contributed by atoms with Crippen molar-refractivity contribution in [2.75, 3.05) is 33.5 Å². The molecule has 19 heavy (non-hydrogen) atoms. The van der Waals surface area contributed by atoms with Crippen LogP contribution in [-0.4, -0.2) is 33.5 Å². The molecule has 1 N–H and O–H groups in total. The summed E-state index contributed by atoms with van der Waals surface area (Å²) in [6.07, 6.45) is 2.25. The van der Waals surface area contributed by atoms with Crippen LogP contribution in [0.15, 0.2) is 18.2 Å². The minimum absolute atomic E-state index is 0.685. The van der Waals surface area contributed by atoms with Crippen molar-refractivity contribution < 1.29 is 9.47 Å². The summed E-state index contributed by atoms with van der Waals surface area (Å²) in [4.78, 5) is 0. The van der Waals surface area contributed by atoms with Crippen LogP contribution in [0.4, 0.5) is 0 Å². The average molecular weight is 265 g/mol. The molecule has 3 nitrogen and oxygen atoms in total. The Hall–Kier alpha value is -0.900. The summed E-state index contributed by atoms with van der Waals surface area (Å²) in [7, 11) is 1.69. The number of hydrogen-bond donors (Lipinski definition) is 1. The lowest BCUT2D eigenvalue weighted by Crippen LogP contribution is -2.15. The molecule has 1 rings (SSSR count). The zero-order chi connectivity index (χ0) is 13.9. The SMILES string of the molecule is COCCOCCCCNCc1cc(C)cc(C)c1. The Balaban J connectivity index is 2.01. The van der Waals surface area contributed by atoms with Crippen LogP contribution in [0.3, 0.4) is 0 Å². The second-order valence-electron chi connectivity index (χ2n) is 4.99. The molecule has 0 bridgehead atoms. The zero-order valence-electron chi connectivity index (χ0n) is 12.5. The Bertz CT molecular complexity index is 332. The summed E-state index contributed by atoms with van der Waals surface area (Å²) in [6.45, 7) is 8.50. The van der Waals surface area contributed by atoms with Crippen LogP contribution in [-0.2, 0) is 16.0 Å². The molecule has 0 fully saturated rings. The second kappa shape index (κ2) is 9.96. The maximum Gasteiger partial charge on any atom is 0.0700 e. The number of hydrogen-bond acceptors (Lipinski definition) is 3. The minimum Gasteiger partial charge on any atom is -0.382 e. The normalized spacial score (nSPS) is 10.9. The van der Waals surface area contributed by atoms with Gasteiger partial charge in [0.05, 0.1) is 13.2 Å². The highest BCUT2D eigenvalue weighted by Gasteiger charge is 1.96. The van der Waals surface area contributed by atoms with Gasteiger partial charge in [0, 0.05) is 20.3 Å². The monoisotopic (exact) mass is 265 g/mol. The standard InChI is InChI=1S/C16H27NO2/c1-14-10-15(2)12-16(11-14)13-17-6-4-5-7-19-9-8-18-3/h10-12,17H,4-9,13H2,1-3H3. The molecule has 3 heteroatoms. The molecule has 0 atom stereocenters. The number of methoxy groups -OCH3 is 1. The maximum absolute atomic E-state index is 5.42. The van der Waals surface area contributed by atoms with E-state index < -0.39 is 0 Å². The van der Waals surface area contributed by atoms with Crippen LogP contribution < -0.4 is 5.32 Å². The van der Waals surface area contributed by atoms with E-state index in [2.05, 4.69) is 37.4 Å². The topological polar surface area (TPSA) is 30.5 Å². The van der Waals surface area contributed by atoms with Crippen LogP contribution in [0.25, 0.3) is 0 Å². The highest BCUT2D eigenvalue weighted by molar-refractivity contribution is 5.28. The van der Waals surface area contributed by atoms with Crippen LogP contribution in [0.1, 0.15) is 29.5 Å². The molecule has 0 saturated carbocycles. The molecular formula is C16H27NO2. The summed E-state index contributed by atoms with van der Waals surface area (Å²) in [5.74, 6) is 0. The van der Waals surface area contributed by atoms with Crippen LogP contribution in [0, 0.1) is 13.8 Å². The smallest absolute Gasteiger partial charge is 0.0700 e. The molecule has 0 aliphatic rings. The van der Waals surface area contributed by atoms with E-state index in [0.717, 1.165) is 32.5 Å². The number of ether oxygens (including phenoxy) is 2. The van der Waals surface area contributed by atoms with E-state index in [1.807, 2.05) is 0 Å². The van der Waals surface area contributed by atoms with Gasteiger partial charge in [-0.3, -0.25) is 0 Å². The van der Waals surface area contributed by atoms with E-state index in [9.17, 15) is 0 Å². The van der Waals surface area contributed by atoms with E-state index in [-0.39, 0.29) is 0 Å². The first-order chi connectivity index (χ1) is 9.22. The third kappa shape index (κ3) is 7.98. The van der Waals surface area contributed by atoms with Crippen molar-refractivity contribution in [3.05, 3.63) is 34.9 Å². The van der Waals surface area contributed by atoms with Crippen molar-refractivity contribution in [1.29, 1.82) is 0 Å². The van der Waals surface area contributed by atoms with Crippen LogP contribution in [0.5, 0.6) is 0 Å². The largest absolute Gasteiger partial charge is 0.382 e. The maximum atomic E-state index is 5.42. The van der Waals surface area contributed by atoms with Gasteiger partial charge in [0.1, 0.15) is 0 Å². The molecular weight excluding hydrogens is 238 g/mol. The van der Waals surface area contributed by atoms with E-state index >= 15 is 0 Å². The first-order valence-corrected chi connectivity index (χ1v) is 7.07. The van der Waals surface area contributed by atoms with Gasteiger partial charge in [-0.1, -0.05) is 29.3 Å². The Morgan fingerprint density at radius 2 is 1.68 bits per heavy atom. The lowest BCUT2D eigenvalue weighted by atomic mass is 10.1. The number of nitrogens with one attached hydrogen (secondary N) is 1. The van der Waals surface area contributed by atoms with Gasteiger partial charge in [-0.15, -0.1) is 0 Å². The van der Waals surface area contributed by atoms with Crippen molar-refractivity contribution in [2.45, 2.75) is 33.2 Å². The van der Waals surface area contributed by atoms with Gasteiger partial charge in [-0.25, -0.2) is 0 Å². The molecule has 0 spiro atoms. The fraction of sp³-hybridized carbons (Fsp3) is 0.625. The van der Waals surface area contributed by atoms with Gasteiger partial charge >= 0.3 is 0 Å². The Kier molecular flexibility index (Phi) is 8.47. The fourth-order valence-electron chi connectivity index (χ4n) is 2.10. The van der Waals surface area contributed by atoms with E-state index in [0.29, 0.717) is 13.2 Å². The minimum atomic E-state index is 0.685. The van der Waals surface area contributed by atoms with Gasteiger partial charge in [-0.2, -0.15) is 0 Å². The van der Waals surface area contributed by atoms with E-state index in [4.69, 9.17) is 9.47 Å². The molecule has 0 heterocycles. The highest BCUT2D eigenvalue weighted by Crippen LogP contribution is 2.08. The number of unbranched alkanes of at least 4 members (excludes halogenated alkanes) is 1. The predicted octanol–water partition coefficient (Wildman–Crippen LogP) is 2.84. The third-order valence-electron chi connectivity index (χ3n) is 2.93. The molecule has 0 unspecified atom stereocenters. The van der Waals surface area contributed by atoms with Crippen molar-refractivity contribution in [1.82, 2.24) is 5.32 Å². The lowest BCUT2D eigenvalue weighted by molar-refractivity contribution is 0.0688. The van der Waals surface area contributed by atoms with E-state index in [1.54, 1.807) is 7.11 Å². The van der Waals surface area contributed by atoms with Gasteiger partial charge < -0.3 is 14.8 Å². The van der Waals surface area contributed by atoms with Crippen molar-refractivity contribution in [3.8, 4) is 0 Å². The Morgan fingerprint density at radius 3 is 2.37 bits per heavy atom. The molecule has 0 amide bonds. The summed E-state index contributed by atoms with van der Waals surface area (Å²) in [5.41, 5.74) is 4.04. The van der Waals surface area contributed by atoms with Crippen molar-refractivity contribution in [3.63, 3.8) is 0 Å². The number of aryl methyl sites for hydroxylation is 2. The quantitative estimate of drug-likeness (QED) is 0.660. The second-order valence-corrected chi connectivity index (χ2v) is 4.99. The van der Waals surface area contributed by atoms with Gasteiger partial charge in [-0.05, 0) is 38.8 Å². The molecule has 0 aliphatic carbocycles. The van der Waals surface area contributed by atoms with Gasteiger partial charge in [0.15, 0.2) is 0 Å². The first-order valence-electron chi connectivity index (χ1n) is 7.07. The molecule has 1 aromatic rings. The third-order valence-corrected chi connectivity index (χ3v) is 2.93. The molecule has 0 saturated heterocycles. The summed E-state index contributed by atoms with van der Waals surface area (Å²) < 4.78 is 10.3. The fourth-order valence-corrected chi connectivity index (χ4v) is 2.10. The van der Waals surface area contributed by atoms with Crippen molar-refractivity contribution >= 4 is 0 Å². The molecule has 108 valence electrons.